The number of nitrogens with two attached hydrogens (primary N) is 1. The lowest BCUT2D eigenvalue weighted by molar-refractivity contribution is -0.120. The third kappa shape index (κ3) is 8.94. The lowest BCUT2D eigenvalue weighted by Gasteiger charge is -2.44. The van der Waals surface area contributed by atoms with Crippen LogP contribution in [0.5, 0.6) is 5.75 Å². The molecule has 1 saturated carbocycles. The highest BCUT2D eigenvalue weighted by molar-refractivity contribution is 7.10. The molecule has 0 spiro atoms. The Balaban J connectivity index is 0.000000175. The van der Waals surface area contributed by atoms with E-state index in [1.807, 2.05) is 101 Å². The third-order valence-corrected chi connectivity index (χ3v) is 14.0. The quantitative estimate of drug-likeness (QED) is 0.111. The minimum Gasteiger partial charge on any atom is -0.497 e. The molecule has 3 aliphatic rings. The fraction of sp³-hybridized carbons (Fsp3) is 0.260. The average Bonchev–Trinajstić information content (AvgIpc) is 4.15. The summed E-state index contributed by atoms with van der Waals surface area (Å²) in [4.78, 5) is 72.1. The molecule has 2 aliphatic heterocycles. The first-order valence-corrected chi connectivity index (χ1v) is 23.0. The number of fused-ring (bicyclic) bond motifs is 2. The third-order valence-electron chi connectivity index (χ3n) is 12.1. The van der Waals surface area contributed by atoms with Gasteiger partial charge in [0.15, 0.2) is 0 Å². The number of methoxy groups -OCH3 is 2. The Morgan fingerprint density at radius 1 is 0.688 bits per heavy atom. The van der Waals surface area contributed by atoms with E-state index in [4.69, 9.17) is 15.2 Å². The van der Waals surface area contributed by atoms with Crippen LogP contribution in [0.15, 0.2) is 132 Å². The summed E-state index contributed by atoms with van der Waals surface area (Å²) in [6.07, 6.45) is 4.21. The van der Waals surface area contributed by atoms with Crippen LogP contribution in [0.25, 0.3) is 0 Å². The first-order chi connectivity index (χ1) is 31.2. The number of para-hydroxylation sites is 1. The van der Waals surface area contributed by atoms with Crippen LogP contribution in [0, 0.1) is 0 Å². The number of benzene rings is 4. The molecule has 0 bridgehead atoms. The van der Waals surface area contributed by atoms with E-state index in [1.54, 1.807) is 66.9 Å². The van der Waals surface area contributed by atoms with Crippen LogP contribution in [0.3, 0.4) is 0 Å². The maximum Gasteiger partial charge on any atom is 0.254 e. The van der Waals surface area contributed by atoms with Crippen LogP contribution in [-0.2, 0) is 14.3 Å². The summed E-state index contributed by atoms with van der Waals surface area (Å²) in [7, 11) is 3.18. The van der Waals surface area contributed by atoms with Crippen molar-refractivity contribution in [1.82, 2.24) is 9.80 Å². The fourth-order valence-corrected chi connectivity index (χ4v) is 10.9. The van der Waals surface area contributed by atoms with Gasteiger partial charge in [-0.05, 0) is 83.3 Å². The molecule has 4 aromatic carbocycles. The zero-order valence-electron chi connectivity index (χ0n) is 35.5. The predicted octanol–water partition coefficient (Wildman–Crippen LogP) is 9.03. The molecule has 1 fully saturated rings. The number of hydrogen-bond donors (Lipinski definition) is 3. The van der Waals surface area contributed by atoms with Crippen LogP contribution in [0.4, 0.5) is 11.4 Å². The zero-order chi connectivity index (χ0) is 44.7. The van der Waals surface area contributed by atoms with E-state index in [2.05, 4.69) is 10.6 Å². The van der Waals surface area contributed by atoms with E-state index >= 15 is 0 Å². The number of carbonyl (C=O) groups is 5. The van der Waals surface area contributed by atoms with E-state index in [9.17, 15) is 24.0 Å². The molecule has 2 aromatic heterocycles. The van der Waals surface area contributed by atoms with Crippen molar-refractivity contribution in [2.45, 2.75) is 55.6 Å². The predicted molar refractivity (Wildman–Crippen MR) is 249 cm³/mol. The van der Waals surface area contributed by atoms with E-state index < -0.39 is 23.8 Å². The molecular formula is C50H49N5O7S2. The Labute approximate surface area is 380 Å². The van der Waals surface area contributed by atoms with Gasteiger partial charge in [-0.15, -0.1) is 22.7 Å². The van der Waals surface area contributed by atoms with Gasteiger partial charge in [-0.1, -0.05) is 79.6 Å². The number of primary amides is 1. The van der Waals surface area contributed by atoms with Gasteiger partial charge in [-0.25, -0.2) is 0 Å². The first-order valence-electron chi connectivity index (χ1n) is 21.2. The molecule has 1 aliphatic carbocycles. The highest BCUT2D eigenvalue weighted by Crippen LogP contribution is 2.48. The summed E-state index contributed by atoms with van der Waals surface area (Å²) in [5.74, 6) is -1.65. The van der Waals surface area contributed by atoms with E-state index in [-0.39, 0.29) is 41.3 Å². The summed E-state index contributed by atoms with van der Waals surface area (Å²) in [5, 5.41) is 9.92. The standard InChI is InChI=1S/C26H26N2O3S.C24H23N3O4S/c1-31-19-11-6-8-17(16-19)27-25(29)23-20-12-4-5-13-21(20)26(30)28(18-9-2-3-10-18)24(23)22-14-7-15-32-22;1-31-13-12-27-21(19-11-6-14-32-19)20(15-7-2-3-8-16(15)24(27)30)23(29)26-18-10-5-4-9-17(18)22(25)28/h4-8,11-16,18,23-24H,2-3,9-10H2,1H3,(H,27,29);2-11,14,20-21H,12-13H2,1H3,(H2,25,28)(H,26,29). The van der Waals surface area contributed by atoms with Crippen molar-refractivity contribution < 1.29 is 33.4 Å². The van der Waals surface area contributed by atoms with Gasteiger partial charge in [0.25, 0.3) is 17.7 Å². The number of amides is 5. The monoisotopic (exact) mass is 895 g/mol. The largest absolute Gasteiger partial charge is 0.497 e. The van der Waals surface area contributed by atoms with E-state index in [0.717, 1.165) is 41.0 Å². The molecule has 5 amide bonds. The van der Waals surface area contributed by atoms with Crippen molar-refractivity contribution in [2.24, 2.45) is 5.73 Å². The van der Waals surface area contributed by atoms with Crippen molar-refractivity contribution in [3.8, 4) is 5.75 Å². The molecule has 328 valence electrons. The van der Waals surface area contributed by atoms with Gasteiger partial charge in [-0.3, -0.25) is 24.0 Å². The number of hydrogen-bond acceptors (Lipinski definition) is 9. The zero-order valence-corrected chi connectivity index (χ0v) is 37.1. The van der Waals surface area contributed by atoms with Crippen molar-refractivity contribution >= 4 is 63.6 Å². The minimum atomic E-state index is -0.680. The van der Waals surface area contributed by atoms with Crippen molar-refractivity contribution in [3.63, 3.8) is 0 Å². The lowest BCUT2D eigenvalue weighted by Crippen LogP contribution is -2.49. The lowest BCUT2D eigenvalue weighted by atomic mass is 9.80. The van der Waals surface area contributed by atoms with Crippen LogP contribution >= 0.6 is 22.7 Å². The molecule has 4 N–H and O–H groups in total. The van der Waals surface area contributed by atoms with Gasteiger partial charge in [0.1, 0.15) is 5.75 Å². The fourth-order valence-electron chi connectivity index (χ4n) is 9.20. The van der Waals surface area contributed by atoms with Crippen LogP contribution in [0.1, 0.15) is 102 Å². The van der Waals surface area contributed by atoms with Gasteiger partial charge in [0.05, 0.1) is 48.9 Å². The van der Waals surface area contributed by atoms with Gasteiger partial charge in [0.2, 0.25) is 11.8 Å². The van der Waals surface area contributed by atoms with Crippen molar-refractivity contribution in [2.75, 3.05) is 38.0 Å². The molecule has 12 nitrogen and oxygen atoms in total. The molecule has 6 aromatic rings. The molecule has 64 heavy (non-hydrogen) atoms. The number of ether oxygens (including phenoxy) is 2. The summed E-state index contributed by atoms with van der Waals surface area (Å²) in [6.45, 7) is 0.683. The van der Waals surface area contributed by atoms with Crippen LogP contribution in [-0.4, -0.2) is 72.7 Å². The number of thiophene rings is 2. The number of nitrogens with zero attached hydrogens (tertiary/aromatic N) is 2. The molecular weight excluding hydrogens is 847 g/mol. The molecule has 0 radical (unpaired) electrons. The first kappa shape index (κ1) is 44.0. The van der Waals surface area contributed by atoms with Gasteiger partial charge >= 0.3 is 0 Å². The normalized spacial score (nSPS) is 19.2. The van der Waals surface area contributed by atoms with Crippen molar-refractivity contribution in [1.29, 1.82) is 0 Å². The number of anilines is 2. The van der Waals surface area contributed by atoms with E-state index in [0.29, 0.717) is 47.0 Å². The SMILES string of the molecule is COCCN1C(=O)c2ccccc2C(C(=O)Nc2ccccc2C(N)=O)C1c1cccs1.COc1cccc(NC(=O)C2c3ccccc3C(=O)N(C3CCCC3)C2c2cccs2)c1. The summed E-state index contributed by atoms with van der Waals surface area (Å²) in [6, 6.07) is 35.9. The highest BCUT2D eigenvalue weighted by atomic mass is 32.1. The van der Waals surface area contributed by atoms with Crippen LogP contribution < -0.4 is 21.1 Å². The smallest absolute Gasteiger partial charge is 0.254 e. The second-order valence-corrected chi connectivity index (χ2v) is 17.8. The maximum atomic E-state index is 13.8. The summed E-state index contributed by atoms with van der Waals surface area (Å²) in [5.41, 5.74) is 9.31. The Morgan fingerprint density at radius 3 is 1.91 bits per heavy atom. The van der Waals surface area contributed by atoms with Crippen molar-refractivity contribution in [3.05, 3.63) is 170 Å². The maximum absolute atomic E-state index is 13.8. The molecule has 0 saturated heterocycles. The highest BCUT2D eigenvalue weighted by Gasteiger charge is 2.48. The summed E-state index contributed by atoms with van der Waals surface area (Å²) >= 11 is 3.10. The Bertz CT molecular complexity index is 2630. The number of rotatable bonds is 12. The Hall–Kier alpha value is -6.61. The average molecular weight is 896 g/mol. The molecule has 4 heterocycles. The number of carbonyl (C=O) groups excluding carboxylic acids is 5. The van der Waals surface area contributed by atoms with Crippen LogP contribution in [0.2, 0.25) is 0 Å². The van der Waals surface area contributed by atoms with Gasteiger partial charge in [-0.2, -0.15) is 0 Å². The second-order valence-electron chi connectivity index (χ2n) is 15.8. The molecule has 4 unspecified atom stereocenters. The molecule has 9 rings (SSSR count). The topological polar surface area (TPSA) is 160 Å². The van der Waals surface area contributed by atoms with E-state index in [1.165, 1.54) is 11.3 Å². The van der Waals surface area contributed by atoms with Gasteiger partial charge < -0.3 is 35.6 Å². The van der Waals surface area contributed by atoms with Gasteiger partial charge in [0, 0.05) is 52.3 Å². The Kier molecular flexibility index (Phi) is 13.6. The second kappa shape index (κ2) is 19.8. The minimum absolute atomic E-state index is 0.0383. The number of nitrogens with one attached hydrogen (secondary N) is 2. The molecule has 14 heteroatoms. The summed E-state index contributed by atoms with van der Waals surface area (Å²) < 4.78 is 10.6. The Morgan fingerprint density at radius 2 is 1.28 bits per heavy atom. The molecule has 4 atom stereocenters.